The highest BCUT2D eigenvalue weighted by Crippen LogP contribution is 2.12. The third-order valence-corrected chi connectivity index (χ3v) is 1.73. The second-order valence-electron chi connectivity index (χ2n) is 2.66. The van der Waals surface area contributed by atoms with Crippen LogP contribution in [0.3, 0.4) is 0 Å². The number of halogens is 1. The summed E-state index contributed by atoms with van der Waals surface area (Å²) in [6.07, 6.45) is 0. The van der Waals surface area contributed by atoms with Crippen molar-refractivity contribution in [2.45, 2.75) is 0 Å². The molecule has 2 N–H and O–H groups in total. The van der Waals surface area contributed by atoms with E-state index in [2.05, 4.69) is 16.6 Å². The van der Waals surface area contributed by atoms with Gasteiger partial charge in [-0.05, 0) is 12.1 Å². The molecule has 3 nitrogen and oxygen atoms in total. The molecule has 0 aromatic heterocycles. The van der Waals surface area contributed by atoms with E-state index < -0.39 is 11.8 Å². The molecule has 0 saturated carbocycles. The third kappa shape index (κ3) is 2.55. The molecule has 78 valence electrons. The number of hydrogen-bond acceptors (Lipinski definition) is 3. The van der Waals surface area contributed by atoms with Gasteiger partial charge >= 0.3 is 5.97 Å². The molecule has 0 fully saturated rings. The average molecular weight is 207 g/mol. The van der Waals surface area contributed by atoms with Crippen molar-refractivity contribution in [2.24, 2.45) is 5.73 Å². The molecule has 0 amide bonds. The molecular weight excluding hydrogens is 197 g/mol. The highest BCUT2D eigenvalue weighted by atomic mass is 19.1. The first kappa shape index (κ1) is 11.2. The van der Waals surface area contributed by atoms with E-state index in [1.807, 2.05) is 0 Å². The molecule has 1 aromatic rings. The van der Waals surface area contributed by atoms with Gasteiger partial charge in [-0.3, -0.25) is 0 Å². The number of carbonyl (C=O) groups is 1. The smallest absolute Gasteiger partial charge is 0.340 e. The van der Waals surface area contributed by atoms with Crippen molar-refractivity contribution in [3.8, 4) is 11.8 Å². The number of carbonyl (C=O) groups excluding carboxylic acids is 1. The minimum absolute atomic E-state index is 0.124. The fourth-order valence-electron chi connectivity index (χ4n) is 1.04. The number of esters is 1. The summed E-state index contributed by atoms with van der Waals surface area (Å²) in [6, 6.07) is 4.36. The third-order valence-electron chi connectivity index (χ3n) is 1.73. The highest BCUT2D eigenvalue weighted by molar-refractivity contribution is 5.90. The molecule has 0 spiro atoms. The van der Waals surface area contributed by atoms with Gasteiger partial charge < -0.3 is 10.5 Å². The molecule has 0 atom stereocenters. The molecule has 0 saturated heterocycles. The zero-order valence-electron chi connectivity index (χ0n) is 8.21. The first-order valence-electron chi connectivity index (χ1n) is 4.26. The van der Waals surface area contributed by atoms with Crippen LogP contribution in [0.4, 0.5) is 4.39 Å². The Morgan fingerprint density at radius 2 is 2.33 bits per heavy atom. The van der Waals surface area contributed by atoms with E-state index in [0.29, 0.717) is 0 Å². The number of methoxy groups -OCH3 is 1. The van der Waals surface area contributed by atoms with Crippen molar-refractivity contribution >= 4 is 5.97 Å². The lowest BCUT2D eigenvalue weighted by atomic mass is 10.1. The molecule has 0 unspecified atom stereocenters. The maximum Gasteiger partial charge on any atom is 0.340 e. The summed E-state index contributed by atoms with van der Waals surface area (Å²) >= 11 is 0. The van der Waals surface area contributed by atoms with Crippen molar-refractivity contribution in [3.05, 3.63) is 35.1 Å². The zero-order chi connectivity index (χ0) is 11.3. The molecule has 0 aliphatic rings. The van der Waals surface area contributed by atoms with Crippen molar-refractivity contribution in [2.75, 3.05) is 13.7 Å². The highest BCUT2D eigenvalue weighted by Gasteiger charge is 2.13. The average Bonchev–Trinajstić information content (AvgIpc) is 2.27. The predicted octanol–water partition coefficient (Wildman–Crippen LogP) is 0.922. The lowest BCUT2D eigenvalue weighted by Crippen LogP contribution is -2.05. The number of rotatable bonds is 1. The second-order valence-corrected chi connectivity index (χ2v) is 2.66. The van der Waals surface area contributed by atoms with Gasteiger partial charge in [-0.15, -0.1) is 0 Å². The number of nitrogens with two attached hydrogens (primary N) is 1. The number of benzene rings is 1. The molecular formula is C11H10FNO2. The van der Waals surface area contributed by atoms with Gasteiger partial charge in [0.15, 0.2) is 5.82 Å². The topological polar surface area (TPSA) is 52.3 Å². The van der Waals surface area contributed by atoms with E-state index >= 15 is 0 Å². The maximum atomic E-state index is 13.6. The molecule has 1 aromatic carbocycles. The Bertz CT molecular complexity index is 432. The Kier molecular flexibility index (Phi) is 3.83. The zero-order valence-corrected chi connectivity index (χ0v) is 8.21. The Hall–Kier alpha value is -1.86. The van der Waals surface area contributed by atoms with Gasteiger partial charge in [-0.2, -0.15) is 0 Å². The molecule has 15 heavy (non-hydrogen) atoms. The van der Waals surface area contributed by atoms with Crippen LogP contribution in [0.15, 0.2) is 18.2 Å². The first-order chi connectivity index (χ1) is 7.20. The normalized spacial score (nSPS) is 9.00. The van der Waals surface area contributed by atoms with Gasteiger partial charge in [-0.25, -0.2) is 9.18 Å². The van der Waals surface area contributed by atoms with E-state index in [-0.39, 0.29) is 17.7 Å². The van der Waals surface area contributed by atoms with Crippen LogP contribution < -0.4 is 5.73 Å². The summed E-state index contributed by atoms with van der Waals surface area (Å²) in [5, 5.41) is 0. The van der Waals surface area contributed by atoms with E-state index in [1.165, 1.54) is 25.3 Å². The van der Waals surface area contributed by atoms with Crippen LogP contribution in [0.5, 0.6) is 0 Å². The Morgan fingerprint density at radius 1 is 1.60 bits per heavy atom. The second kappa shape index (κ2) is 5.13. The lowest BCUT2D eigenvalue weighted by molar-refractivity contribution is 0.0595. The largest absolute Gasteiger partial charge is 0.465 e. The monoisotopic (exact) mass is 207 g/mol. The minimum Gasteiger partial charge on any atom is -0.465 e. The van der Waals surface area contributed by atoms with Gasteiger partial charge in [-0.1, -0.05) is 17.9 Å². The maximum absolute atomic E-state index is 13.6. The minimum atomic E-state index is -0.719. The summed E-state index contributed by atoms with van der Waals surface area (Å²) in [5.74, 6) is 3.66. The first-order valence-corrected chi connectivity index (χ1v) is 4.26. The van der Waals surface area contributed by atoms with Crippen molar-refractivity contribution < 1.29 is 13.9 Å². The van der Waals surface area contributed by atoms with E-state index in [9.17, 15) is 9.18 Å². The Morgan fingerprint density at radius 3 is 2.93 bits per heavy atom. The summed E-state index contributed by atoms with van der Waals surface area (Å²) in [5.41, 5.74) is 5.18. The molecule has 0 radical (unpaired) electrons. The van der Waals surface area contributed by atoms with E-state index in [1.54, 1.807) is 0 Å². The van der Waals surface area contributed by atoms with Crippen molar-refractivity contribution in [1.29, 1.82) is 0 Å². The van der Waals surface area contributed by atoms with Crippen LogP contribution in [-0.2, 0) is 4.74 Å². The van der Waals surface area contributed by atoms with Crippen LogP contribution in [0.25, 0.3) is 0 Å². The summed E-state index contributed by atoms with van der Waals surface area (Å²) in [7, 11) is 1.19. The van der Waals surface area contributed by atoms with E-state index in [4.69, 9.17) is 5.73 Å². The van der Waals surface area contributed by atoms with Crippen LogP contribution in [0.2, 0.25) is 0 Å². The summed E-state index contributed by atoms with van der Waals surface area (Å²) in [6.45, 7) is 0.141. The summed E-state index contributed by atoms with van der Waals surface area (Å²) in [4.78, 5) is 11.1. The van der Waals surface area contributed by atoms with Crippen LogP contribution in [0, 0.1) is 17.7 Å². The van der Waals surface area contributed by atoms with E-state index in [0.717, 1.165) is 0 Å². The number of ether oxygens (including phenoxy) is 1. The molecule has 0 bridgehead atoms. The lowest BCUT2D eigenvalue weighted by Gasteiger charge is -2.01. The predicted molar refractivity (Wildman–Crippen MR) is 53.7 cm³/mol. The summed E-state index contributed by atoms with van der Waals surface area (Å²) < 4.78 is 18.0. The fraction of sp³-hybridized carbons (Fsp3) is 0.182. The fourth-order valence-corrected chi connectivity index (χ4v) is 1.04. The van der Waals surface area contributed by atoms with Gasteiger partial charge in [0.1, 0.15) is 0 Å². The SMILES string of the molecule is COC(=O)c1cccc(C#CCN)c1F. The standard InChI is InChI=1S/C11H10FNO2/c1-15-11(14)9-6-2-4-8(10(9)12)5-3-7-13/h2,4,6H,7,13H2,1H3. The van der Waals surface area contributed by atoms with Crippen LogP contribution >= 0.6 is 0 Å². The molecule has 4 heteroatoms. The van der Waals surface area contributed by atoms with Gasteiger partial charge in [0.2, 0.25) is 0 Å². The molecule has 1 rings (SSSR count). The number of hydrogen-bond donors (Lipinski definition) is 1. The van der Waals surface area contributed by atoms with Crippen molar-refractivity contribution in [1.82, 2.24) is 0 Å². The quantitative estimate of drug-likeness (QED) is 0.550. The Balaban J connectivity index is 3.17. The Labute approximate surface area is 87.0 Å². The van der Waals surface area contributed by atoms with Gasteiger partial charge in [0, 0.05) is 0 Å². The van der Waals surface area contributed by atoms with Crippen LogP contribution in [-0.4, -0.2) is 19.6 Å². The molecule has 0 aliphatic carbocycles. The van der Waals surface area contributed by atoms with Crippen molar-refractivity contribution in [3.63, 3.8) is 0 Å². The molecule has 0 heterocycles. The van der Waals surface area contributed by atoms with Crippen LogP contribution in [0.1, 0.15) is 15.9 Å². The van der Waals surface area contributed by atoms with Gasteiger partial charge in [0.05, 0.1) is 24.8 Å². The molecule has 0 aliphatic heterocycles. The van der Waals surface area contributed by atoms with Gasteiger partial charge in [0.25, 0.3) is 0 Å².